The number of aryl methyl sites for hydroxylation is 1. The summed E-state index contributed by atoms with van der Waals surface area (Å²) in [5, 5.41) is 11.3. The Hall–Kier alpha value is -2.57. The summed E-state index contributed by atoms with van der Waals surface area (Å²) >= 11 is 0. The molecule has 1 saturated carbocycles. The van der Waals surface area contributed by atoms with Crippen LogP contribution in [-0.2, 0) is 16.0 Å². The van der Waals surface area contributed by atoms with Crippen LogP contribution in [-0.4, -0.2) is 47.1 Å². The van der Waals surface area contributed by atoms with Crippen molar-refractivity contribution >= 4 is 17.9 Å². The van der Waals surface area contributed by atoms with Gasteiger partial charge in [0.2, 0.25) is 0 Å². The Kier molecular flexibility index (Phi) is 3.94. The van der Waals surface area contributed by atoms with E-state index in [-0.39, 0.29) is 11.9 Å². The molecule has 1 heterocycles. The molecule has 7 heteroatoms. The van der Waals surface area contributed by atoms with Gasteiger partial charge < -0.3 is 14.7 Å². The maximum Gasteiger partial charge on any atom is 0.325 e. The van der Waals surface area contributed by atoms with Crippen LogP contribution in [0.15, 0.2) is 24.3 Å². The monoisotopic (exact) mass is 318 g/mol. The number of urea groups is 1. The zero-order chi connectivity index (χ0) is 16.6. The average Bonchev–Trinajstić information content (AvgIpc) is 3.26. The van der Waals surface area contributed by atoms with E-state index in [0.29, 0.717) is 19.3 Å². The van der Waals surface area contributed by atoms with E-state index in [1.54, 1.807) is 7.11 Å². The second kappa shape index (κ2) is 5.91. The van der Waals surface area contributed by atoms with E-state index in [0.717, 1.165) is 11.3 Å². The van der Waals surface area contributed by atoms with Crippen LogP contribution < -0.4 is 10.1 Å². The van der Waals surface area contributed by atoms with E-state index in [1.807, 2.05) is 24.3 Å². The first-order valence-electron chi connectivity index (χ1n) is 7.50. The number of ether oxygens (including phenoxy) is 1. The second-order valence-corrected chi connectivity index (χ2v) is 5.82. The minimum Gasteiger partial charge on any atom is -0.496 e. The third-order valence-electron chi connectivity index (χ3n) is 4.41. The molecule has 0 spiro atoms. The highest BCUT2D eigenvalue weighted by atomic mass is 16.5. The highest BCUT2D eigenvalue weighted by Gasteiger charge is 2.54. The first-order valence-corrected chi connectivity index (χ1v) is 7.50. The fourth-order valence-corrected chi connectivity index (χ4v) is 3.13. The minimum atomic E-state index is -0.925. The summed E-state index contributed by atoms with van der Waals surface area (Å²) in [6.45, 7) is 0. The van der Waals surface area contributed by atoms with Crippen LogP contribution in [0.5, 0.6) is 5.75 Å². The van der Waals surface area contributed by atoms with E-state index in [2.05, 4.69) is 5.32 Å². The van der Waals surface area contributed by atoms with Crippen LogP contribution in [0.4, 0.5) is 4.79 Å². The molecule has 1 aromatic rings. The number of amides is 3. The Bertz CT molecular complexity index is 660. The summed E-state index contributed by atoms with van der Waals surface area (Å²) in [4.78, 5) is 36.4. The number of carbonyl (C=O) groups is 3. The van der Waals surface area contributed by atoms with Gasteiger partial charge in [0.25, 0.3) is 5.91 Å². The standard InChI is InChI=1S/C16H18N2O5/c1-23-13-5-3-2-4-9(13)6-7-11-14(19)17-16(22)18(11)12-8-10(12)15(20)21/h2-5,10-12H,6-8H2,1H3,(H,20,21)(H,17,19,22). The number of methoxy groups -OCH3 is 1. The molecule has 1 aliphatic carbocycles. The SMILES string of the molecule is COc1ccccc1CCC1C(=O)NC(=O)N1C1CC1C(=O)O. The molecule has 0 radical (unpaired) electrons. The van der Waals surface area contributed by atoms with Gasteiger partial charge in [0.15, 0.2) is 0 Å². The van der Waals surface area contributed by atoms with Crippen molar-refractivity contribution in [1.82, 2.24) is 10.2 Å². The van der Waals surface area contributed by atoms with Crippen molar-refractivity contribution in [2.24, 2.45) is 5.92 Å². The van der Waals surface area contributed by atoms with Gasteiger partial charge in [0, 0.05) is 6.04 Å². The van der Waals surface area contributed by atoms with Crippen molar-refractivity contribution in [2.45, 2.75) is 31.3 Å². The number of imide groups is 1. The molecule has 2 fully saturated rings. The maximum absolute atomic E-state index is 12.0. The van der Waals surface area contributed by atoms with Gasteiger partial charge in [0.05, 0.1) is 13.0 Å². The Balaban J connectivity index is 1.71. The molecule has 7 nitrogen and oxygen atoms in total. The van der Waals surface area contributed by atoms with Crippen molar-refractivity contribution in [3.05, 3.63) is 29.8 Å². The average molecular weight is 318 g/mol. The molecule has 1 aromatic carbocycles. The summed E-state index contributed by atoms with van der Waals surface area (Å²) in [7, 11) is 1.58. The predicted octanol–water partition coefficient (Wildman–Crippen LogP) is 1.02. The van der Waals surface area contributed by atoms with E-state index >= 15 is 0 Å². The number of hydrogen-bond acceptors (Lipinski definition) is 4. The normalized spacial score (nSPS) is 26.1. The number of rotatable bonds is 6. The molecule has 3 rings (SSSR count). The van der Waals surface area contributed by atoms with Crippen LogP contribution in [0.25, 0.3) is 0 Å². The number of nitrogens with zero attached hydrogens (tertiary/aromatic N) is 1. The fourth-order valence-electron chi connectivity index (χ4n) is 3.13. The van der Waals surface area contributed by atoms with Gasteiger partial charge in [-0.15, -0.1) is 0 Å². The highest BCUT2D eigenvalue weighted by molar-refractivity contribution is 6.04. The predicted molar refractivity (Wildman–Crippen MR) is 80.0 cm³/mol. The number of carboxylic acids is 1. The topological polar surface area (TPSA) is 95.9 Å². The van der Waals surface area contributed by atoms with E-state index in [9.17, 15) is 14.4 Å². The first kappa shape index (κ1) is 15.3. The molecule has 3 unspecified atom stereocenters. The first-order chi connectivity index (χ1) is 11.0. The zero-order valence-electron chi connectivity index (χ0n) is 12.7. The number of benzene rings is 1. The highest BCUT2D eigenvalue weighted by Crippen LogP contribution is 2.39. The molecule has 2 aliphatic rings. The maximum atomic E-state index is 12.0. The Morgan fingerprint density at radius 2 is 2.13 bits per heavy atom. The Morgan fingerprint density at radius 3 is 2.78 bits per heavy atom. The molecule has 2 N–H and O–H groups in total. The lowest BCUT2D eigenvalue weighted by atomic mass is 10.0. The molecule has 0 bridgehead atoms. The summed E-state index contributed by atoms with van der Waals surface area (Å²) in [5.41, 5.74) is 0.952. The van der Waals surface area contributed by atoms with E-state index in [4.69, 9.17) is 9.84 Å². The van der Waals surface area contributed by atoms with Crippen molar-refractivity contribution in [3.8, 4) is 5.75 Å². The van der Waals surface area contributed by atoms with Crippen LogP contribution in [0, 0.1) is 5.92 Å². The van der Waals surface area contributed by atoms with Gasteiger partial charge in [-0.2, -0.15) is 0 Å². The molecule has 3 atom stereocenters. The molecular weight excluding hydrogens is 300 g/mol. The van der Waals surface area contributed by atoms with E-state index in [1.165, 1.54) is 4.90 Å². The molecular formula is C16H18N2O5. The molecule has 23 heavy (non-hydrogen) atoms. The summed E-state index contributed by atoms with van der Waals surface area (Å²) in [6.07, 6.45) is 1.40. The van der Waals surface area contributed by atoms with Crippen molar-refractivity contribution < 1.29 is 24.2 Å². The van der Waals surface area contributed by atoms with Gasteiger partial charge in [-0.3, -0.25) is 14.9 Å². The van der Waals surface area contributed by atoms with Gasteiger partial charge >= 0.3 is 12.0 Å². The molecule has 3 amide bonds. The number of aliphatic carboxylic acids is 1. The Labute approximate surface area is 133 Å². The van der Waals surface area contributed by atoms with Crippen molar-refractivity contribution in [3.63, 3.8) is 0 Å². The molecule has 1 saturated heterocycles. The molecule has 122 valence electrons. The van der Waals surface area contributed by atoms with Gasteiger partial charge in [0.1, 0.15) is 11.8 Å². The lowest BCUT2D eigenvalue weighted by Crippen LogP contribution is -2.38. The largest absolute Gasteiger partial charge is 0.496 e. The quantitative estimate of drug-likeness (QED) is 0.764. The van der Waals surface area contributed by atoms with Crippen LogP contribution in [0.2, 0.25) is 0 Å². The van der Waals surface area contributed by atoms with Crippen LogP contribution in [0.1, 0.15) is 18.4 Å². The minimum absolute atomic E-state index is 0.360. The lowest BCUT2D eigenvalue weighted by molar-refractivity contribution is -0.139. The summed E-state index contributed by atoms with van der Waals surface area (Å²) < 4.78 is 5.28. The van der Waals surface area contributed by atoms with Gasteiger partial charge in [-0.25, -0.2) is 4.79 Å². The van der Waals surface area contributed by atoms with Gasteiger partial charge in [-0.1, -0.05) is 18.2 Å². The number of nitrogens with one attached hydrogen (secondary N) is 1. The third-order valence-corrected chi connectivity index (χ3v) is 4.41. The Morgan fingerprint density at radius 1 is 1.39 bits per heavy atom. The summed E-state index contributed by atoms with van der Waals surface area (Å²) in [5.74, 6) is -1.12. The smallest absolute Gasteiger partial charge is 0.325 e. The number of carboxylic acid groups (broad SMARTS) is 1. The zero-order valence-corrected chi connectivity index (χ0v) is 12.7. The molecule has 1 aliphatic heterocycles. The number of para-hydroxylation sites is 1. The van der Waals surface area contributed by atoms with Crippen molar-refractivity contribution in [2.75, 3.05) is 7.11 Å². The number of carbonyl (C=O) groups excluding carboxylic acids is 2. The number of hydrogen-bond donors (Lipinski definition) is 2. The fraction of sp³-hybridized carbons (Fsp3) is 0.438. The van der Waals surface area contributed by atoms with E-state index < -0.39 is 24.0 Å². The summed E-state index contributed by atoms with van der Waals surface area (Å²) in [6, 6.07) is 6.00. The lowest BCUT2D eigenvalue weighted by Gasteiger charge is -2.22. The van der Waals surface area contributed by atoms with Gasteiger partial charge in [-0.05, 0) is 30.9 Å². The van der Waals surface area contributed by atoms with Crippen LogP contribution >= 0.6 is 0 Å². The van der Waals surface area contributed by atoms with Crippen molar-refractivity contribution in [1.29, 1.82) is 0 Å². The molecule has 0 aromatic heterocycles. The van der Waals surface area contributed by atoms with Crippen LogP contribution in [0.3, 0.4) is 0 Å². The second-order valence-electron chi connectivity index (χ2n) is 5.82. The third kappa shape index (κ3) is 2.86.